The van der Waals surface area contributed by atoms with Crippen LogP contribution in [0, 0.1) is 0 Å². The van der Waals surface area contributed by atoms with Crippen molar-refractivity contribution in [1.82, 2.24) is 0 Å². The molecule has 0 aromatic carbocycles. The number of ether oxygens (including phenoxy) is 1. The molecule has 4 nitrogen and oxygen atoms in total. The van der Waals surface area contributed by atoms with Crippen LogP contribution in [0.4, 0.5) is 0 Å². The Morgan fingerprint density at radius 3 is 2.50 bits per heavy atom. The quantitative estimate of drug-likeness (QED) is 0.483. The number of carbonyl (C=O) groups is 1. The summed E-state index contributed by atoms with van der Waals surface area (Å²) in [7, 11) is 0. The fraction of sp³-hybridized carbons (Fsp3) is 0.909. The Labute approximate surface area is 104 Å². The summed E-state index contributed by atoms with van der Waals surface area (Å²) in [5.41, 5.74) is 11.0. The molecule has 0 heterocycles. The summed E-state index contributed by atoms with van der Waals surface area (Å²) < 4.78 is 5.04. The molecule has 0 spiro atoms. The maximum Gasteiger partial charge on any atom is 0.322 e. The first-order valence-electron chi connectivity index (χ1n) is 5.84. The van der Waals surface area contributed by atoms with Gasteiger partial charge in [-0.2, -0.15) is 0 Å². The Kier molecular flexibility index (Phi) is 14.4. The zero-order chi connectivity index (χ0) is 11.5. The number of esters is 1. The van der Waals surface area contributed by atoms with E-state index in [1.165, 1.54) is 0 Å². The van der Waals surface area contributed by atoms with Gasteiger partial charge in [0.1, 0.15) is 6.04 Å². The second-order valence-corrected chi connectivity index (χ2v) is 3.77. The van der Waals surface area contributed by atoms with Crippen LogP contribution in [0.1, 0.15) is 45.4 Å². The molecule has 0 aromatic heterocycles. The number of nitrogens with two attached hydrogens (primary N) is 2. The summed E-state index contributed by atoms with van der Waals surface area (Å²) >= 11 is 0. The summed E-state index contributed by atoms with van der Waals surface area (Å²) in [6, 6.07) is -0.474. The van der Waals surface area contributed by atoms with Crippen LogP contribution in [0.25, 0.3) is 0 Å². The van der Waals surface area contributed by atoms with Gasteiger partial charge < -0.3 is 16.2 Å². The SMILES string of the molecule is CCCCCOC(=O)[C@@H](N)CCCCN.Cl. The number of hydrogen-bond acceptors (Lipinski definition) is 4. The smallest absolute Gasteiger partial charge is 0.322 e. The Morgan fingerprint density at radius 1 is 1.25 bits per heavy atom. The molecule has 0 bridgehead atoms. The van der Waals surface area contributed by atoms with Crippen LogP contribution in [0.2, 0.25) is 0 Å². The average molecular weight is 253 g/mol. The van der Waals surface area contributed by atoms with Gasteiger partial charge in [-0.1, -0.05) is 26.2 Å². The van der Waals surface area contributed by atoms with Crippen molar-refractivity contribution in [1.29, 1.82) is 0 Å². The van der Waals surface area contributed by atoms with E-state index in [1.54, 1.807) is 0 Å². The van der Waals surface area contributed by atoms with Crippen LogP contribution in [0.3, 0.4) is 0 Å². The predicted molar refractivity (Wildman–Crippen MR) is 68.6 cm³/mol. The molecular weight excluding hydrogens is 228 g/mol. The van der Waals surface area contributed by atoms with Gasteiger partial charge >= 0.3 is 5.97 Å². The van der Waals surface area contributed by atoms with Crippen LogP contribution in [-0.2, 0) is 9.53 Å². The second kappa shape index (κ2) is 12.7. The van der Waals surface area contributed by atoms with Gasteiger partial charge in [0.2, 0.25) is 0 Å². The molecule has 0 saturated carbocycles. The normalized spacial score (nSPS) is 11.7. The summed E-state index contributed by atoms with van der Waals surface area (Å²) in [4.78, 5) is 11.3. The highest BCUT2D eigenvalue weighted by Crippen LogP contribution is 2.01. The number of hydrogen-bond donors (Lipinski definition) is 2. The monoisotopic (exact) mass is 252 g/mol. The van der Waals surface area contributed by atoms with Gasteiger partial charge in [-0.15, -0.1) is 12.4 Å². The second-order valence-electron chi connectivity index (χ2n) is 3.77. The molecule has 0 unspecified atom stereocenters. The molecule has 4 N–H and O–H groups in total. The van der Waals surface area contributed by atoms with Gasteiger partial charge in [-0.05, 0) is 25.8 Å². The molecular formula is C11H25ClN2O2. The number of rotatable bonds is 9. The lowest BCUT2D eigenvalue weighted by Gasteiger charge is -2.10. The molecule has 0 fully saturated rings. The van der Waals surface area contributed by atoms with E-state index < -0.39 is 6.04 Å². The zero-order valence-electron chi connectivity index (χ0n) is 10.1. The molecule has 5 heteroatoms. The maximum absolute atomic E-state index is 11.3. The van der Waals surface area contributed by atoms with Crippen LogP contribution < -0.4 is 11.5 Å². The fourth-order valence-electron chi connectivity index (χ4n) is 1.26. The zero-order valence-corrected chi connectivity index (χ0v) is 10.9. The molecule has 0 aliphatic rings. The van der Waals surface area contributed by atoms with Crippen LogP contribution in [0.15, 0.2) is 0 Å². The van der Waals surface area contributed by atoms with Crippen LogP contribution >= 0.6 is 12.4 Å². The summed E-state index contributed by atoms with van der Waals surface area (Å²) in [6.45, 7) is 3.26. The van der Waals surface area contributed by atoms with Crippen molar-refractivity contribution in [2.24, 2.45) is 11.5 Å². The predicted octanol–water partition coefficient (Wildman–Crippen LogP) is 1.60. The first-order valence-corrected chi connectivity index (χ1v) is 5.84. The minimum absolute atomic E-state index is 0. The summed E-state index contributed by atoms with van der Waals surface area (Å²) in [5.74, 6) is -0.275. The first kappa shape index (κ1) is 18.1. The van der Waals surface area contributed by atoms with E-state index in [1.807, 2.05) is 0 Å². The van der Waals surface area contributed by atoms with E-state index in [9.17, 15) is 4.79 Å². The van der Waals surface area contributed by atoms with E-state index in [2.05, 4.69) is 6.92 Å². The first-order chi connectivity index (χ1) is 7.22. The van der Waals surface area contributed by atoms with E-state index in [4.69, 9.17) is 16.2 Å². The maximum atomic E-state index is 11.3. The lowest BCUT2D eigenvalue weighted by Crippen LogP contribution is -2.32. The minimum Gasteiger partial charge on any atom is -0.465 e. The third-order valence-electron chi connectivity index (χ3n) is 2.26. The highest BCUT2D eigenvalue weighted by atomic mass is 35.5. The number of carbonyl (C=O) groups excluding carboxylic acids is 1. The van der Waals surface area contributed by atoms with Crippen molar-refractivity contribution >= 4 is 18.4 Å². The fourth-order valence-corrected chi connectivity index (χ4v) is 1.26. The van der Waals surface area contributed by atoms with E-state index in [0.29, 0.717) is 19.6 Å². The standard InChI is InChI=1S/C11H24N2O2.ClH/c1-2-3-6-9-15-11(14)10(13)7-4-5-8-12;/h10H,2-9,12-13H2,1H3;1H/t10-;/m0./s1. The average Bonchev–Trinajstić information content (AvgIpc) is 2.24. The highest BCUT2D eigenvalue weighted by molar-refractivity contribution is 5.85. The Hall–Kier alpha value is -0.320. The largest absolute Gasteiger partial charge is 0.465 e. The van der Waals surface area contributed by atoms with Gasteiger partial charge in [0.05, 0.1) is 6.61 Å². The van der Waals surface area contributed by atoms with E-state index >= 15 is 0 Å². The Morgan fingerprint density at radius 2 is 1.94 bits per heavy atom. The van der Waals surface area contributed by atoms with E-state index in [-0.39, 0.29) is 18.4 Å². The molecule has 0 aliphatic carbocycles. The minimum atomic E-state index is -0.474. The molecule has 0 amide bonds. The van der Waals surface area contributed by atoms with Crippen LogP contribution in [0.5, 0.6) is 0 Å². The van der Waals surface area contributed by atoms with Crippen molar-refractivity contribution in [3.63, 3.8) is 0 Å². The van der Waals surface area contributed by atoms with Crippen molar-refractivity contribution in [3.05, 3.63) is 0 Å². The summed E-state index contributed by atoms with van der Waals surface area (Å²) in [6.07, 6.45) is 5.62. The van der Waals surface area contributed by atoms with Gasteiger partial charge in [-0.3, -0.25) is 4.79 Å². The van der Waals surface area contributed by atoms with Gasteiger partial charge in [-0.25, -0.2) is 0 Å². The molecule has 0 aromatic rings. The third-order valence-corrected chi connectivity index (χ3v) is 2.26. The van der Waals surface area contributed by atoms with Gasteiger partial charge in [0.25, 0.3) is 0 Å². The molecule has 0 radical (unpaired) electrons. The van der Waals surface area contributed by atoms with Gasteiger partial charge in [0.15, 0.2) is 0 Å². The Balaban J connectivity index is 0. The third kappa shape index (κ3) is 10.2. The van der Waals surface area contributed by atoms with E-state index in [0.717, 1.165) is 32.1 Å². The lowest BCUT2D eigenvalue weighted by atomic mass is 10.1. The molecule has 98 valence electrons. The van der Waals surface area contributed by atoms with Crippen LogP contribution in [-0.4, -0.2) is 25.2 Å². The number of unbranched alkanes of at least 4 members (excludes halogenated alkanes) is 3. The molecule has 0 saturated heterocycles. The molecule has 16 heavy (non-hydrogen) atoms. The van der Waals surface area contributed by atoms with Crippen molar-refractivity contribution in [3.8, 4) is 0 Å². The molecule has 0 aliphatic heterocycles. The van der Waals surface area contributed by atoms with Crippen molar-refractivity contribution < 1.29 is 9.53 Å². The number of halogens is 1. The van der Waals surface area contributed by atoms with Crippen molar-refractivity contribution in [2.75, 3.05) is 13.2 Å². The lowest BCUT2D eigenvalue weighted by molar-refractivity contribution is -0.145. The topological polar surface area (TPSA) is 78.3 Å². The van der Waals surface area contributed by atoms with Gasteiger partial charge in [0, 0.05) is 0 Å². The molecule has 1 atom stereocenters. The molecule has 0 rings (SSSR count). The van der Waals surface area contributed by atoms with Crippen molar-refractivity contribution in [2.45, 2.75) is 51.5 Å². The Bertz CT molecular complexity index is 168. The highest BCUT2D eigenvalue weighted by Gasteiger charge is 2.13. The summed E-state index contributed by atoms with van der Waals surface area (Å²) in [5, 5.41) is 0.